The van der Waals surface area contributed by atoms with Crippen LogP contribution in [0, 0.1) is 5.82 Å². The van der Waals surface area contributed by atoms with Crippen LogP contribution in [-0.4, -0.2) is 46.4 Å². The van der Waals surface area contributed by atoms with E-state index >= 15 is 0 Å². The second-order valence-electron chi connectivity index (χ2n) is 7.27. The molecule has 1 atom stereocenters. The molecule has 0 unspecified atom stereocenters. The normalized spacial score (nSPS) is 16.1. The number of hydrogen-bond acceptors (Lipinski definition) is 5. The smallest absolute Gasteiger partial charge is 0.254 e. The Morgan fingerprint density at radius 1 is 1.21 bits per heavy atom. The number of hydrogen-bond donors (Lipinski definition) is 0. The van der Waals surface area contributed by atoms with Crippen LogP contribution in [0.15, 0.2) is 55.0 Å². The highest BCUT2D eigenvalue weighted by atomic mass is 19.1. The summed E-state index contributed by atoms with van der Waals surface area (Å²) in [5.41, 5.74) is 2.98. The molecule has 0 bridgehead atoms. The topological polar surface area (TPSA) is 62.2 Å². The molecule has 148 valence electrons. The maximum Gasteiger partial charge on any atom is 0.254 e. The first-order valence-corrected chi connectivity index (χ1v) is 9.56. The Labute approximate surface area is 169 Å². The molecular weight excluding hydrogens is 369 g/mol. The number of aromatic nitrogens is 3. The lowest BCUT2D eigenvalue weighted by atomic mass is 10.0. The Bertz CT molecular complexity index is 1020. The molecule has 0 spiro atoms. The van der Waals surface area contributed by atoms with Crippen molar-refractivity contribution >= 4 is 11.9 Å². The van der Waals surface area contributed by atoms with E-state index < -0.39 is 5.82 Å². The third kappa shape index (κ3) is 3.81. The Balaban J connectivity index is 1.77. The van der Waals surface area contributed by atoms with Crippen LogP contribution in [-0.2, 0) is 0 Å². The van der Waals surface area contributed by atoms with Crippen molar-refractivity contribution in [3.63, 3.8) is 0 Å². The molecule has 3 aromatic rings. The van der Waals surface area contributed by atoms with Crippen molar-refractivity contribution < 1.29 is 9.18 Å². The van der Waals surface area contributed by atoms with Crippen LogP contribution >= 0.6 is 0 Å². The first-order valence-electron chi connectivity index (χ1n) is 9.56. The number of likely N-dealkylation sites (tertiary alicyclic amines) is 1. The maximum absolute atomic E-state index is 13.7. The molecular formula is C22H22FN5O. The first-order chi connectivity index (χ1) is 14.0. The maximum atomic E-state index is 13.7. The van der Waals surface area contributed by atoms with Crippen molar-refractivity contribution in [2.75, 3.05) is 25.5 Å². The average molecular weight is 391 g/mol. The van der Waals surface area contributed by atoms with E-state index in [9.17, 15) is 9.18 Å². The van der Waals surface area contributed by atoms with Gasteiger partial charge in [-0.25, -0.2) is 14.4 Å². The van der Waals surface area contributed by atoms with Crippen molar-refractivity contribution in [2.45, 2.75) is 18.9 Å². The van der Waals surface area contributed by atoms with Gasteiger partial charge >= 0.3 is 0 Å². The largest absolute Gasteiger partial charge is 0.347 e. The van der Waals surface area contributed by atoms with Gasteiger partial charge in [0.15, 0.2) is 0 Å². The van der Waals surface area contributed by atoms with Gasteiger partial charge in [-0.05, 0) is 48.7 Å². The molecule has 2 aromatic heterocycles. The number of carbonyl (C=O) groups is 1. The minimum absolute atomic E-state index is 0.183. The number of carbonyl (C=O) groups excluding carboxylic acids is 1. The molecule has 1 amide bonds. The summed E-state index contributed by atoms with van der Waals surface area (Å²) in [4.78, 5) is 30.1. The highest BCUT2D eigenvalue weighted by molar-refractivity contribution is 5.94. The van der Waals surface area contributed by atoms with Crippen molar-refractivity contribution in [3.8, 4) is 11.1 Å². The van der Waals surface area contributed by atoms with E-state index in [0.717, 1.165) is 29.7 Å². The third-order valence-corrected chi connectivity index (χ3v) is 5.10. The Kier molecular flexibility index (Phi) is 5.20. The fraction of sp³-hybridized carbons (Fsp3) is 0.273. The van der Waals surface area contributed by atoms with Crippen LogP contribution in [0.4, 0.5) is 10.3 Å². The fourth-order valence-corrected chi connectivity index (χ4v) is 3.69. The van der Waals surface area contributed by atoms with Gasteiger partial charge in [-0.3, -0.25) is 9.78 Å². The van der Waals surface area contributed by atoms with Gasteiger partial charge in [-0.15, -0.1) is 0 Å². The fourth-order valence-electron chi connectivity index (χ4n) is 3.69. The molecule has 1 fully saturated rings. The van der Waals surface area contributed by atoms with Crippen molar-refractivity contribution in [1.82, 2.24) is 19.9 Å². The van der Waals surface area contributed by atoms with Gasteiger partial charge in [-0.2, -0.15) is 0 Å². The number of rotatable bonds is 4. The number of pyridine rings is 1. The summed E-state index contributed by atoms with van der Waals surface area (Å²) in [6.07, 6.45) is 6.91. The van der Waals surface area contributed by atoms with Crippen molar-refractivity contribution in [3.05, 3.63) is 72.1 Å². The molecule has 1 saturated heterocycles. The lowest BCUT2D eigenvalue weighted by Gasteiger charge is -2.27. The lowest BCUT2D eigenvalue weighted by molar-refractivity contribution is 0.0733. The van der Waals surface area contributed by atoms with Gasteiger partial charge in [0.2, 0.25) is 5.95 Å². The van der Waals surface area contributed by atoms with Crippen LogP contribution in [0.25, 0.3) is 11.1 Å². The van der Waals surface area contributed by atoms with Crippen LogP contribution in [0.1, 0.15) is 34.9 Å². The van der Waals surface area contributed by atoms with Gasteiger partial charge in [0, 0.05) is 50.4 Å². The van der Waals surface area contributed by atoms with E-state index in [2.05, 4.69) is 9.97 Å². The van der Waals surface area contributed by atoms with Gasteiger partial charge < -0.3 is 9.80 Å². The lowest BCUT2D eigenvalue weighted by Crippen LogP contribution is -2.31. The van der Waals surface area contributed by atoms with E-state index in [0.29, 0.717) is 18.1 Å². The van der Waals surface area contributed by atoms with Gasteiger partial charge in [0.1, 0.15) is 5.82 Å². The Hall–Kier alpha value is -3.35. The van der Waals surface area contributed by atoms with Crippen LogP contribution in [0.3, 0.4) is 0 Å². The summed E-state index contributed by atoms with van der Waals surface area (Å²) in [6.45, 7) is 0.608. The second kappa shape index (κ2) is 7.95. The molecule has 1 aliphatic rings. The van der Waals surface area contributed by atoms with Gasteiger partial charge in [0.05, 0.1) is 11.7 Å². The highest BCUT2D eigenvalue weighted by Gasteiger charge is 2.34. The summed E-state index contributed by atoms with van der Waals surface area (Å²) in [5.74, 6) is -0.0124. The van der Waals surface area contributed by atoms with E-state index in [1.807, 2.05) is 31.1 Å². The summed E-state index contributed by atoms with van der Waals surface area (Å²) < 4.78 is 13.7. The summed E-state index contributed by atoms with van der Waals surface area (Å²) >= 11 is 0. The highest BCUT2D eigenvalue weighted by Crippen LogP contribution is 2.37. The minimum Gasteiger partial charge on any atom is -0.347 e. The molecule has 0 radical (unpaired) electrons. The number of halogens is 1. The average Bonchev–Trinajstić information content (AvgIpc) is 3.23. The standard InChI is InChI=1S/C22H22FN5O/c1-27(2)22-25-14-18(15-8-10-24-11-9-15)20(26-22)19-7-4-12-28(19)21(29)16-5-3-6-17(23)13-16/h3,5-6,8-11,13-14,19H,4,7,12H2,1-2H3/t19-/m1/s1. The predicted octanol–water partition coefficient (Wildman–Crippen LogP) is 3.72. The van der Waals surface area contributed by atoms with Crippen LogP contribution < -0.4 is 4.90 Å². The number of anilines is 1. The zero-order valence-corrected chi connectivity index (χ0v) is 16.4. The summed E-state index contributed by atoms with van der Waals surface area (Å²) in [6, 6.07) is 9.45. The second-order valence-corrected chi connectivity index (χ2v) is 7.27. The quantitative estimate of drug-likeness (QED) is 0.678. The number of benzene rings is 1. The molecule has 0 saturated carbocycles. The molecule has 29 heavy (non-hydrogen) atoms. The Morgan fingerprint density at radius 3 is 2.72 bits per heavy atom. The zero-order valence-electron chi connectivity index (χ0n) is 16.4. The molecule has 0 aliphatic carbocycles. The van der Waals surface area contributed by atoms with Crippen LogP contribution in [0.5, 0.6) is 0 Å². The van der Waals surface area contributed by atoms with E-state index in [1.54, 1.807) is 35.6 Å². The summed E-state index contributed by atoms with van der Waals surface area (Å²) in [5, 5.41) is 0. The molecule has 1 aromatic carbocycles. The van der Waals surface area contributed by atoms with Crippen molar-refractivity contribution in [2.24, 2.45) is 0 Å². The number of amides is 1. The molecule has 3 heterocycles. The van der Waals surface area contributed by atoms with Gasteiger partial charge in [0.25, 0.3) is 5.91 Å². The van der Waals surface area contributed by atoms with E-state index in [1.165, 1.54) is 12.1 Å². The molecule has 0 N–H and O–H groups in total. The Morgan fingerprint density at radius 2 is 2.00 bits per heavy atom. The van der Waals surface area contributed by atoms with E-state index in [-0.39, 0.29) is 11.9 Å². The van der Waals surface area contributed by atoms with E-state index in [4.69, 9.17) is 4.98 Å². The molecule has 7 heteroatoms. The third-order valence-electron chi connectivity index (χ3n) is 5.10. The van der Waals surface area contributed by atoms with Gasteiger partial charge in [-0.1, -0.05) is 6.07 Å². The molecule has 6 nitrogen and oxygen atoms in total. The van der Waals surface area contributed by atoms with Crippen LogP contribution in [0.2, 0.25) is 0 Å². The molecule has 1 aliphatic heterocycles. The minimum atomic E-state index is -0.416. The molecule has 4 rings (SSSR count). The van der Waals surface area contributed by atoms with Crippen molar-refractivity contribution in [1.29, 1.82) is 0 Å². The number of nitrogens with zero attached hydrogens (tertiary/aromatic N) is 5. The summed E-state index contributed by atoms with van der Waals surface area (Å²) in [7, 11) is 3.77. The zero-order chi connectivity index (χ0) is 20.4. The first kappa shape index (κ1) is 19.0. The monoisotopic (exact) mass is 391 g/mol. The predicted molar refractivity (Wildman–Crippen MR) is 109 cm³/mol. The SMILES string of the molecule is CN(C)c1ncc(-c2ccncc2)c([C@H]2CCCN2C(=O)c2cccc(F)c2)n1.